The third kappa shape index (κ3) is 3.39. The smallest absolute Gasteiger partial charge is 0.258 e. The summed E-state index contributed by atoms with van der Waals surface area (Å²) in [6, 6.07) is 0. The van der Waals surface area contributed by atoms with E-state index in [9.17, 15) is 4.79 Å². The van der Waals surface area contributed by atoms with Gasteiger partial charge in [-0.3, -0.25) is 10.1 Å². The van der Waals surface area contributed by atoms with E-state index in [-0.39, 0.29) is 18.3 Å². The highest BCUT2D eigenvalue weighted by atomic mass is 35.5. The van der Waals surface area contributed by atoms with Gasteiger partial charge in [-0.05, 0) is 51.6 Å². The van der Waals surface area contributed by atoms with Crippen LogP contribution in [-0.2, 0) is 22.4 Å². The van der Waals surface area contributed by atoms with Gasteiger partial charge in [-0.15, -0.1) is 23.7 Å². The van der Waals surface area contributed by atoms with Crippen molar-refractivity contribution in [2.45, 2.75) is 44.1 Å². The first-order valence-electron chi connectivity index (χ1n) is 7.29. The second-order valence-electron chi connectivity index (χ2n) is 5.50. The molecule has 1 aliphatic heterocycles. The topological polar surface area (TPSA) is 63.2 Å². The van der Waals surface area contributed by atoms with E-state index in [0.29, 0.717) is 12.8 Å². The fraction of sp³-hybridized carbons (Fsp3) is 0.714. The molecule has 0 radical (unpaired) electrons. The molecule has 2 aliphatic rings. The molecule has 1 aromatic heterocycles. The fourth-order valence-corrected chi connectivity index (χ4v) is 4.02. The number of carbonyl (C=O) groups is 1. The zero-order valence-electron chi connectivity index (χ0n) is 12.2. The van der Waals surface area contributed by atoms with Crippen molar-refractivity contribution in [2.75, 3.05) is 25.5 Å². The molecule has 0 bridgehead atoms. The SMILES string of the molecule is COC1(C(=O)Nc2nc3c(s2)CCCC3)CCNCC1.Cl. The largest absolute Gasteiger partial charge is 0.368 e. The third-order valence-corrected chi connectivity index (χ3v) is 5.35. The van der Waals surface area contributed by atoms with Gasteiger partial charge in [0.25, 0.3) is 5.91 Å². The highest BCUT2D eigenvalue weighted by molar-refractivity contribution is 7.15. The Hall–Kier alpha value is -0.690. The number of nitrogens with zero attached hydrogens (tertiary/aromatic N) is 1. The van der Waals surface area contributed by atoms with Gasteiger partial charge < -0.3 is 10.1 Å². The summed E-state index contributed by atoms with van der Waals surface area (Å²) in [5.41, 5.74) is 0.477. The van der Waals surface area contributed by atoms with Crippen LogP contribution in [0.3, 0.4) is 0 Å². The van der Waals surface area contributed by atoms with Crippen LogP contribution >= 0.6 is 23.7 Å². The minimum Gasteiger partial charge on any atom is -0.368 e. The highest BCUT2D eigenvalue weighted by Gasteiger charge is 2.40. The second-order valence-corrected chi connectivity index (χ2v) is 6.58. The predicted octanol–water partition coefficient (Wildman–Crippen LogP) is 2.15. The number of hydrogen-bond donors (Lipinski definition) is 2. The molecule has 2 heterocycles. The molecule has 1 aliphatic carbocycles. The van der Waals surface area contributed by atoms with Crippen LogP contribution in [0.4, 0.5) is 5.13 Å². The molecule has 1 fully saturated rings. The van der Waals surface area contributed by atoms with Crippen molar-refractivity contribution in [3.63, 3.8) is 0 Å². The van der Waals surface area contributed by atoms with E-state index < -0.39 is 5.60 Å². The van der Waals surface area contributed by atoms with E-state index in [1.807, 2.05) is 0 Å². The lowest BCUT2D eigenvalue weighted by atomic mass is 9.91. The zero-order chi connectivity index (χ0) is 14.0. The maximum Gasteiger partial charge on any atom is 0.258 e. The van der Waals surface area contributed by atoms with Crippen molar-refractivity contribution < 1.29 is 9.53 Å². The molecule has 2 N–H and O–H groups in total. The number of anilines is 1. The number of rotatable bonds is 3. The van der Waals surface area contributed by atoms with Gasteiger partial charge in [0.05, 0.1) is 5.69 Å². The average Bonchev–Trinajstić information content (AvgIpc) is 2.90. The summed E-state index contributed by atoms with van der Waals surface area (Å²) in [7, 11) is 1.62. The molecule has 1 saturated heterocycles. The molecule has 0 unspecified atom stereocenters. The summed E-state index contributed by atoms with van der Waals surface area (Å²) in [4.78, 5) is 18.4. The molecule has 5 nitrogen and oxygen atoms in total. The lowest BCUT2D eigenvalue weighted by Crippen LogP contribution is -2.51. The number of aromatic nitrogens is 1. The summed E-state index contributed by atoms with van der Waals surface area (Å²) in [5, 5.41) is 6.97. The molecule has 1 amide bonds. The number of carbonyl (C=O) groups excluding carboxylic acids is 1. The van der Waals surface area contributed by atoms with E-state index in [0.717, 1.165) is 31.1 Å². The molecular weight excluding hydrogens is 310 g/mol. The normalized spacial score (nSPS) is 20.2. The van der Waals surface area contributed by atoms with Gasteiger partial charge in [0, 0.05) is 12.0 Å². The van der Waals surface area contributed by atoms with Gasteiger partial charge in [-0.2, -0.15) is 0 Å². The van der Waals surface area contributed by atoms with Crippen LogP contribution in [0.1, 0.15) is 36.3 Å². The van der Waals surface area contributed by atoms with Crippen LogP contribution in [0.25, 0.3) is 0 Å². The van der Waals surface area contributed by atoms with Crippen LogP contribution in [0.15, 0.2) is 0 Å². The molecule has 0 saturated carbocycles. The molecule has 0 aromatic carbocycles. The Morgan fingerprint density at radius 2 is 2.05 bits per heavy atom. The number of amides is 1. The standard InChI is InChI=1S/C14H21N3O2S.ClH/c1-19-14(6-8-15-9-7-14)12(18)17-13-16-10-4-2-3-5-11(10)20-13;/h15H,2-9H2,1H3,(H,16,17,18);1H. The number of halogens is 1. The van der Waals surface area contributed by atoms with Gasteiger partial charge in [0.15, 0.2) is 5.13 Å². The Morgan fingerprint density at radius 1 is 1.33 bits per heavy atom. The minimum absolute atomic E-state index is 0. The molecular formula is C14H22ClN3O2S. The average molecular weight is 332 g/mol. The number of thiazole rings is 1. The molecule has 0 atom stereocenters. The number of methoxy groups -OCH3 is 1. The minimum atomic E-state index is -0.697. The van der Waals surface area contributed by atoms with Crippen molar-refractivity contribution in [3.05, 3.63) is 10.6 Å². The van der Waals surface area contributed by atoms with Crippen molar-refractivity contribution in [1.82, 2.24) is 10.3 Å². The Labute approximate surface area is 135 Å². The van der Waals surface area contributed by atoms with Crippen molar-refractivity contribution >= 4 is 34.8 Å². The van der Waals surface area contributed by atoms with E-state index in [2.05, 4.69) is 15.6 Å². The second kappa shape index (κ2) is 7.05. The van der Waals surface area contributed by atoms with Crippen molar-refractivity contribution in [1.29, 1.82) is 0 Å². The van der Waals surface area contributed by atoms with E-state index in [1.165, 1.54) is 23.4 Å². The Bertz CT molecular complexity index is 477. The lowest BCUT2D eigenvalue weighted by Gasteiger charge is -2.34. The van der Waals surface area contributed by atoms with Gasteiger partial charge in [0.1, 0.15) is 5.60 Å². The Morgan fingerprint density at radius 3 is 2.71 bits per heavy atom. The summed E-state index contributed by atoms with van der Waals surface area (Å²) >= 11 is 1.62. The quantitative estimate of drug-likeness (QED) is 0.891. The third-order valence-electron chi connectivity index (χ3n) is 4.28. The number of nitrogens with one attached hydrogen (secondary N) is 2. The van der Waals surface area contributed by atoms with Gasteiger partial charge in [0.2, 0.25) is 0 Å². The summed E-state index contributed by atoms with van der Waals surface area (Å²) < 4.78 is 5.54. The number of fused-ring (bicyclic) bond motifs is 1. The van der Waals surface area contributed by atoms with E-state index in [1.54, 1.807) is 18.4 Å². The zero-order valence-corrected chi connectivity index (χ0v) is 13.9. The van der Waals surface area contributed by atoms with Gasteiger partial charge >= 0.3 is 0 Å². The predicted molar refractivity (Wildman–Crippen MR) is 86.5 cm³/mol. The Kier molecular flexibility index (Phi) is 5.60. The van der Waals surface area contributed by atoms with E-state index in [4.69, 9.17) is 4.74 Å². The fourth-order valence-electron chi connectivity index (χ4n) is 2.97. The van der Waals surface area contributed by atoms with Crippen LogP contribution in [0, 0.1) is 0 Å². The summed E-state index contributed by atoms with van der Waals surface area (Å²) in [6.07, 6.45) is 6.00. The first-order chi connectivity index (χ1) is 9.73. The lowest BCUT2D eigenvalue weighted by molar-refractivity contribution is -0.140. The maximum absolute atomic E-state index is 12.5. The number of ether oxygens (including phenoxy) is 1. The molecule has 118 valence electrons. The van der Waals surface area contributed by atoms with Gasteiger partial charge in [-0.25, -0.2) is 4.98 Å². The highest BCUT2D eigenvalue weighted by Crippen LogP contribution is 2.31. The molecule has 7 heteroatoms. The monoisotopic (exact) mass is 331 g/mol. The maximum atomic E-state index is 12.5. The van der Waals surface area contributed by atoms with Crippen LogP contribution in [0.2, 0.25) is 0 Å². The first-order valence-corrected chi connectivity index (χ1v) is 8.11. The van der Waals surface area contributed by atoms with Crippen LogP contribution in [0.5, 0.6) is 0 Å². The van der Waals surface area contributed by atoms with Crippen LogP contribution in [-0.4, -0.2) is 36.7 Å². The first kappa shape index (κ1) is 16.7. The van der Waals surface area contributed by atoms with Crippen LogP contribution < -0.4 is 10.6 Å². The number of piperidine rings is 1. The molecule has 3 rings (SSSR count). The van der Waals surface area contributed by atoms with Crippen molar-refractivity contribution in [2.24, 2.45) is 0 Å². The number of aryl methyl sites for hydroxylation is 2. The molecule has 1 aromatic rings. The Balaban J connectivity index is 0.00000161. The summed E-state index contributed by atoms with van der Waals surface area (Å²) in [5.74, 6) is -0.0485. The summed E-state index contributed by atoms with van der Waals surface area (Å²) in [6.45, 7) is 1.63. The van der Waals surface area contributed by atoms with Crippen molar-refractivity contribution in [3.8, 4) is 0 Å². The molecule has 21 heavy (non-hydrogen) atoms. The van der Waals surface area contributed by atoms with E-state index >= 15 is 0 Å². The number of hydrogen-bond acceptors (Lipinski definition) is 5. The molecule has 0 spiro atoms. The van der Waals surface area contributed by atoms with Gasteiger partial charge in [-0.1, -0.05) is 0 Å².